The average molecular weight is 327 g/mol. The summed E-state index contributed by atoms with van der Waals surface area (Å²) in [7, 11) is -3.88. The molecular formula is C11H16Cl2N2O3S. The first-order valence-corrected chi connectivity index (χ1v) is 7.94. The van der Waals surface area contributed by atoms with Crippen LogP contribution in [0.25, 0.3) is 0 Å². The van der Waals surface area contributed by atoms with Crippen LogP contribution < -0.4 is 10.5 Å². The third-order valence-electron chi connectivity index (χ3n) is 2.44. The Bertz CT molecular complexity index is 526. The molecule has 0 amide bonds. The standard InChI is InChI=1S/C11H16Cl2N2O3S/c1-2-3-8(16)6-15-19(17,18)11-9(13)4-7(12)5-10(11)14/h4-5,8,15-16H,2-3,6,14H2,1H3. The second-order valence-electron chi connectivity index (χ2n) is 4.10. The van der Waals surface area contributed by atoms with E-state index in [1.54, 1.807) is 0 Å². The van der Waals surface area contributed by atoms with Crippen molar-refractivity contribution in [1.82, 2.24) is 4.72 Å². The number of anilines is 1. The largest absolute Gasteiger partial charge is 0.398 e. The first kappa shape index (κ1) is 16.5. The molecule has 0 fully saturated rings. The molecule has 0 saturated carbocycles. The molecule has 1 aromatic rings. The van der Waals surface area contributed by atoms with Crippen molar-refractivity contribution in [1.29, 1.82) is 0 Å². The van der Waals surface area contributed by atoms with Gasteiger partial charge in [0, 0.05) is 11.6 Å². The number of aliphatic hydroxyl groups is 1. The molecule has 0 aliphatic carbocycles. The molecule has 1 rings (SSSR count). The fourth-order valence-corrected chi connectivity index (χ4v) is 3.63. The van der Waals surface area contributed by atoms with E-state index in [1.165, 1.54) is 12.1 Å². The van der Waals surface area contributed by atoms with Crippen LogP contribution in [0.5, 0.6) is 0 Å². The maximum atomic E-state index is 12.1. The zero-order valence-corrected chi connectivity index (χ0v) is 12.7. The van der Waals surface area contributed by atoms with Gasteiger partial charge in [-0.2, -0.15) is 0 Å². The van der Waals surface area contributed by atoms with Crippen molar-refractivity contribution in [3.8, 4) is 0 Å². The lowest BCUT2D eigenvalue weighted by atomic mass is 10.2. The summed E-state index contributed by atoms with van der Waals surface area (Å²) in [6.07, 6.45) is 0.520. The number of nitrogens with two attached hydrogens (primary N) is 1. The number of nitrogen functional groups attached to an aromatic ring is 1. The second kappa shape index (κ2) is 6.76. The van der Waals surface area contributed by atoms with Gasteiger partial charge in [0.15, 0.2) is 0 Å². The third kappa shape index (κ3) is 4.50. The first-order valence-electron chi connectivity index (χ1n) is 5.70. The smallest absolute Gasteiger partial charge is 0.244 e. The number of hydrogen-bond donors (Lipinski definition) is 3. The number of sulfonamides is 1. The maximum absolute atomic E-state index is 12.1. The number of halogens is 2. The molecule has 19 heavy (non-hydrogen) atoms. The highest BCUT2D eigenvalue weighted by Crippen LogP contribution is 2.30. The first-order chi connectivity index (χ1) is 8.77. The average Bonchev–Trinajstić information content (AvgIpc) is 2.25. The molecule has 8 heteroatoms. The SMILES string of the molecule is CCCC(O)CNS(=O)(=O)c1c(N)cc(Cl)cc1Cl. The molecule has 0 aromatic heterocycles. The number of rotatable bonds is 6. The van der Waals surface area contributed by atoms with Gasteiger partial charge in [-0.15, -0.1) is 0 Å². The quantitative estimate of drug-likeness (QED) is 0.697. The summed E-state index contributed by atoms with van der Waals surface area (Å²) in [5, 5.41) is 9.73. The van der Waals surface area contributed by atoms with Crippen LogP contribution in [-0.4, -0.2) is 26.2 Å². The molecule has 0 aliphatic heterocycles. The summed E-state index contributed by atoms with van der Waals surface area (Å²) in [6.45, 7) is 1.81. The molecular weight excluding hydrogens is 311 g/mol. The molecule has 0 radical (unpaired) electrons. The van der Waals surface area contributed by atoms with E-state index in [0.717, 1.165) is 6.42 Å². The lowest BCUT2D eigenvalue weighted by molar-refractivity contribution is 0.167. The normalized spacial score (nSPS) is 13.5. The summed E-state index contributed by atoms with van der Waals surface area (Å²) in [4.78, 5) is -0.220. The molecule has 0 aliphatic rings. The maximum Gasteiger partial charge on any atom is 0.244 e. The summed E-state index contributed by atoms with van der Waals surface area (Å²) in [6, 6.07) is 2.61. The highest BCUT2D eigenvalue weighted by atomic mass is 35.5. The predicted octanol–water partition coefficient (Wildman–Crippen LogP) is 2.01. The van der Waals surface area contributed by atoms with Crippen LogP contribution >= 0.6 is 23.2 Å². The summed E-state index contributed by atoms with van der Waals surface area (Å²) in [5.41, 5.74) is 5.59. The lowest BCUT2D eigenvalue weighted by Crippen LogP contribution is -2.32. The topological polar surface area (TPSA) is 92.4 Å². The van der Waals surface area contributed by atoms with Crippen molar-refractivity contribution in [2.45, 2.75) is 30.8 Å². The minimum Gasteiger partial charge on any atom is -0.398 e. The molecule has 5 nitrogen and oxygen atoms in total. The van der Waals surface area contributed by atoms with Gasteiger partial charge in [-0.3, -0.25) is 0 Å². The summed E-state index contributed by atoms with van der Waals surface area (Å²) in [5.74, 6) is 0. The van der Waals surface area contributed by atoms with Crippen LogP contribution in [0.4, 0.5) is 5.69 Å². The van der Waals surface area contributed by atoms with E-state index in [-0.39, 0.29) is 27.2 Å². The van der Waals surface area contributed by atoms with E-state index >= 15 is 0 Å². The highest BCUT2D eigenvalue weighted by Gasteiger charge is 2.22. The van der Waals surface area contributed by atoms with E-state index in [2.05, 4.69) is 4.72 Å². The van der Waals surface area contributed by atoms with Crippen molar-refractivity contribution in [3.63, 3.8) is 0 Å². The number of aliphatic hydroxyl groups excluding tert-OH is 1. The van der Waals surface area contributed by atoms with Crippen molar-refractivity contribution >= 4 is 38.9 Å². The Hall–Kier alpha value is -0.530. The number of benzene rings is 1. The van der Waals surface area contributed by atoms with Gasteiger partial charge in [0.25, 0.3) is 0 Å². The Kier molecular flexibility index (Phi) is 5.88. The Morgan fingerprint density at radius 3 is 2.58 bits per heavy atom. The predicted molar refractivity (Wildman–Crippen MR) is 77.0 cm³/mol. The van der Waals surface area contributed by atoms with Gasteiger partial charge in [-0.25, -0.2) is 13.1 Å². The van der Waals surface area contributed by atoms with E-state index < -0.39 is 16.1 Å². The fraction of sp³-hybridized carbons (Fsp3) is 0.455. The van der Waals surface area contributed by atoms with Crippen LogP contribution in [0.1, 0.15) is 19.8 Å². The molecule has 0 bridgehead atoms. The van der Waals surface area contributed by atoms with Crippen LogP contribution in [0.15, 0.2) is 17.0 Å². The van der Waals surface area contributed by atoms with Gasteiger partial charge in [0.05, 0.1) is 16.8 Å². The highest BCUT2D eigenvalue weighted by molar-refractivity contribution is 7.89. The van der Waals surface area contributed by atoms with Crippen LogP contribution in [0, 0.1) is 0 Å². The Labute approximate surface area is 122 Å². The summed E-state index contributed by atoms with van der Waals surface area (Å²) >= 11 is 11.6. The Morgan fingerprint density at radius 2 is 2.05 bits per heavy atom. The van der Waals surface area contributed by atoms with Gasteiger partial charge < -0.3 is 10.8 Å². The molecule has 4 N–H and O–H groups in total. The number of hydrogen-bond acceptors (Lipinski definition) is 4. The minimum atomic E-state index is -3.88. The second-order valence-corrected chi connectivity index (χ2v) is 6.65. The summed E-state index contributed by atoms with van der Waals surface area (Å²) < 4.78 is 26.4. The molecule has 0 heterocycles. The van der Waals surface area contributed by atoms with Gasteiger partial charge in [-0.05, 0) is 18.6 Å². The van der Waals surface area contributed by atoms with Gasteiger partial charge in [0.2, 0.25) is 10.0 Å². The zero-order chi connectivity index (χ0) is 14.6. The molecule has 108 valence electrons. The van der Waals surface area contributed by atoms with E-state index in [4.69, 9.17) is 28.9 Å². The van der Waals surface area contributed by atoms with Crippen molar-refractivity contribution in [2.24, 2.45) is 0 Å². The fourth-order valence-electron chi connectivity index (χ4n) is 1.58. The third-order valence-corrected chi connectivity index (χ3v) is 4.60. The molecule has 1 aromatic carbocycles. The van der Waals surface area contributed by atoms with E-state index in [1.807, 2.05) is 6.92 Å². The van der Waals surface area contributed by atoms with Crippen LogP contribution in [0.2, 0.25) is 10.0 Å². The van der Waals surface area contributed by atoms with Gasteiger partial charge in [-0.1, -0.05) is 36.5 Å². The molecule has 1 atom stereocenters. The monoisotopic (exact) mass is 326 g/mol. The van der Waals surface area contributed by atoms with E-state index in [0.29, 0.717) is 6.42 Å². The van der Waals surface area contributed by atoms with E-state index in [9.17, 15) is 13.5 Å². The van der Waals surface area contributed by atoms with Crippen LogP contribution in [-0.2, 0) is 10.0 Å². The van der Waals surface area contributed by atoms with Crippen molar-refractivity contribution in [3.05, 3.63) is 22.2 Å². The van der Waals surface area contributed by atoms with Gasteiger partial charge in [0.1, 0.15) is 4.90 Å². The zero-order valence-electron chi connectivity index (χ0n) is 10.4. The Morgan fingerprint density at radius 1 is 1.42 bits per heavy atom. The molecule has 0 spiro atoms. The minimum absolute atomic E-state index is 0.0324. The van der Waals surface area contributed by atoms with Crippen molar-refractivity contribution in [2.75, 3.05) is 12.3 Å². The number of nitrogens with one attached hydrogen (secondary N) is 1. The van der Waals surface area contributed by atoms with Crippen molar-refractivity contribution < 1.29 is 13.5 Å². The molecule has 1 unspecified atom stereocenters. The van der Waals surface area contributed by atoms with Crippen LogP contribution in [0.3, 0.4) is 0 Å². The lowest BCUT2D eigenvalue weighted by Gasteiger charge is -2.13. The molecule has 0 saturated heterocycles. The van der Waals surface area contributed by atoms with Gasteiger partial charge >= 0.3 is 0 Å². The Balaban J connectivity index is 2.95.